The number of carbonyl (C=O) groups excluding carboxylic acids is 1. The molecule has 2 atom stereocenters. The van der Waals surface area contributed by atoms with Crippen LogP contribution >= 0.6 is 0 Å². The molecule has 0 radical (unpaired) electrons. The van der Waals surface area contributed by atoms with Crippen LogP contribution in [0.4, 0.5) is 0 Å². The molecule has 0 aromatic rings. The standard InChI is InChI=1S/C11H22N2O2/c1-6-9(3)10(11(14)15-7-2)12-8-13(4)5/h8-10H,6-7H2,1-5H3. The van der Waals surface area contributed by atoms with Gasteiger partial charge in [0.2, 0.25) is 0 Å². The van der Waals surface area contributed by atoms with Crippen molar-refractivity contribution < 1.29 is 9.53 Å². The summed E-state index contributed by atoms with van der Waals surface area (Å²) < 4.78 is 4.99. The van der Waals surface area contributed by atoms with Gasteiger partial charge in [-0.3, -0.25) is 4.99 Å². The molecule has 0 aliphatic rings. The summed E-state index contributed by atoms with van der Waals surface area (Å²) in [6, 6.07) is -0.377. The fourth-order valence-corrected chi connectivity index (χ4v) is 1.10. The van der Waals surface area contributed by atoms with Crippen molar-refractivity contribution in [2.45, 2.75) is 33.2 Å². The zero-order chi connectivity index (χ0) is 11.8. The van der Waals surface area contributed by atoms with Crippen LogP contribution < -0.4 is 0 Å². The number of ether oxygens (including phenoxy) is 1. The smallest absolute Gasteiger partial charge is 0.331 e. The number of rotatable bonds is 6. The van der Waals surface area contributed by atoms with Crippen LogP contribution in [-0.2, 0) is 9.53 Å². The molecule has 0 saturated heterocycles. The van der Waals surface area contributed by atoms with Crippen LogP contribution in [0.1, 0.15) is 27.2 Å². The lowest BCUT2D eigenvalue weighted by atomic mass is 10.00. The lowest BCUT2D eigenvalue weighted by molar-refractivity contribution is -0.145. The van der Waals surface area contributed by atoms with Crippen LogP contribution in [0.2, 0.25) is 0 Å². The zero-order valence-corrected chi connectivity index (χ0v) is 10.4. The minimum Gasteiger partial charge on any atom is -0.464 e. The Morgan fingerprint density at radius 3 is 2.47 bits per heavy atom. The lowest BCUT2D eigenvalue weighted by Crippen LogP contribution is -2.29. The Kier molecular flexibility index (Phi) is 6.75. The first-order chi connectivity index (χ1) is 7.02. The van der Waals surface area contributed by atoms with Gasteiger partial charge in [-0.25, -0.2) is 4.79 Å². The van der Waals surface area contributed by atoms with Gasteiger partial charge in [-0.15, -0.1) is 0 Å². The number of esters is 1. The molecule has 0 N–H and O–H groups in total. The molecule has 0 fully saturated rings. The molecular weight excluding hydrogens is 192 g/mol. The highest BCUT2D eigenvalue weighted by Gasteiger charge is 2.23. The van der Waals surface area contributed by atoms with E-state index in [1.54, 1.807) is 13.3 Å². The molecule has 0 aromatic carbocycles. The number of carbonyl (C=O) groups is 1. The highest BCUT2D eigenvalue weighted by Crippen LogP contribution is 2.12. The molecule has 0 rings (SSSR count). The van der Waals surface area contributed by atoms with E-state index >= 15 is 0 Å². The van der Waals surface area contributed by atoms with E-state index in [-0.39, 0.29) is 17.9 Å². The normalized spacial score (nSPS) is 15.0. The van der Waals surface area contributed by atoms with Crippen molar-refractivity contribution in [3.8, 4) is 0 Å². The maximum Gasteiger partial charge on any atom is 0.331 e. The summed E-state index contributed by atoms with van der Waals surface area (Å²) in [7, 11) is 3.75. The van der Waals surface area contributed by atoms with Gasteiger partial charge >= 0.3 is 5.97 Å². The molecule has 0 aliphatic carbocycles. The summed E-state index contributed by atoms with van der Waals surface area (Å²) >= 11 is 0. The fraction of sp³-hybridized carbons (Fsp3) is 0.818. The van der Waals surface area contributed by atoms with Gasteiger partial charge in [0.25, 0.3) is 0 Å². The van der Waals surface area contributed by atoms with Gasteiger partial charge in [-0.2, -0.15) is 0 Å². The quantitative estimate of drug-likeness (QED) is 0.383. The maximum atomic E-state index is 11.6. The first-order valence-electron chi connectivity index (χ1n) is 5.39. The Balaban J connectivity index is 4.50. The van der Waals surface area contributed by atoms with E-state index in [1.165, 1.54) is 0 Å². The molecule has 88 valence electrons. The Labute approximate surface area is 92.3 Å². The second kappa shape index (κ2) is 7.26. The zero-order valence-electron chi connectivity index (χ0n) is 10.4. The second-order valence-corrected chi connectivity index (χ2v) is 3.81. The van der Waals surface area contributed by atoms with Crippen LogP contribution in [0.5, 0.6) is 0 Å². The minimum absolute atomic E-state index is 0.209. The average molecular weight is 214 g/mol. The van der Waals surface area contributed by atoms with Crippen molar-refractivity contribution in [2.24, 2.45) is 10.9 Å². The highest BCUT2D eigenvalue weighted by atomic mass is 16.5. The Morgan fingerprint density at radius 1 is 1.47 bits per heavy atom. The van der Waals surface area contributed by atoms with E-state index in [2.05, 4.69) is 4.99 Å². The summed E-state index contributed by atoms with van der Waals surface area (Å²) in [5, 5.41) is 0. The molecular formula is C11H22N2O2. The average Bonchev–Trinajstić information content (AvgIpc) is 2.17. The molecule has 2 unspecified atom stereocenters. The Hall–Kier alpha value is -1.06. The van der Waals surface area contributed by atoms with E-state index in [9.17, 15) is 4.79 Å². The minimum atomic E-state index is -0.377. The van der Waals surface area contributed by atoms with E-state index in [1.807, 2.05) is 32.8 Å². The summed E-state index contributed by atoms with van der Waals surface area (Å²) in [5.74, 6) is -0.0230. The predicted octanol–water partition coefficient (Wildman–Crippen LogP) is 1.55. The first-order valence-corrected chi connectivity index (χ1v) is 5.39. The Bertz CT molecular complexity index is 215. The van der Waals surface area contributed by atoms with Crippen molar-refractivity contribution in [3.63, 3.8) is 0 Å². The third-order valence-corrected chi connectivity index (χ3v) is 2.17. The van der Waals surface area contributed by atoms with Crippen molar-refractivity contribution in [1.29, 1.82) is 0 Å². The van der Waals surface area contributed by atoms with Crippen LogP contribution in [-0.4, -0.2) is 44.0 Å². The van der Waals surface area contributed by atoms with E-state index in [0.29, 0.717) is 6.61 Å². The maximum absolute atomic E-state index is 11.6. The number of hydrogen-bond donors (Lipinski definition) is 0. The van der Waals surface area contributed by atoms with Crippen LogP contribution in [0, 0.1) is 5.92 Å². The van der Waals surface area contributed by atoms with Gasteiger partial charge < -0.3 is 9.64 Å². The monoisotopic (exact) mass is 214 g/mol. The van der Waals surface area contributed by atoms with Gasteiger partial charge in [0.05, 0.1) is 12.9 Å². The van der Waals surface area contributed by atoms with Gasteiger partial charge in [0.1, 0.15) is 0 Å². The summed E-state index contributed by atoms with van der Waals surface area (Å²) in [6.45, 7) is 6.27. The molecule has 0 bridgehead atoms. The fourth-order valence-electron chi connectivity index (χ4n) is 1.10. The van der Waals surface area contributed by atoms with Crippen molar-refractivity contribution >= 4 is 12.3 Å². The lowest BCUT2D eigenvalue weighted by Gasteiger charge is -2.17. The van der Waals surface area contributed by atoms with Crippen molar-refractivity contribution in [3.05, 3.63) is 0 Å². The molecule has 0 aliphatic heterocycles. The van der Waals surface area contributed by atoms with Crippen molar-refractivity contribution in [2.75, 3.05) is 20.7 Å². The molecule has 0 aromatic heterocycles. The third-order valence-electron chi connectivity index (χ3n) is 2.17. The van der Waals surface area contributed by atoms with Gasteiger partial charge in [-0.1, -0.05) is 20.3 Å². The van der Waals surface area contributed by atoms with E-state index in [4.69, 9.17) is 4.74 Å². The van der Waals surface area contributed by atoms with E-state index in [0.717, 1.165) is 6.42 Å². The van der Waals surface area contributed by atoms with Crippen LogP contribution in [0.15, 0.2) is 4.99 Å². The molecule has 0 saturated carbocycles. The molecule has 0 amide bonds. The molecule has 4 nitrogen and oxygen atoms in total. The van der Waals surface area contributed by atoms with Crippen molar-refractivity contribution in [1.82, 2.24) is 4.90 Å². The third kappa shape index (κ3) is 5.40. The summed E-state index contributed by atoms with van der Waals surface area (Å²) in [4.78, 5) is 17.7. The molecule has 15 heavy (non-hydrogen) atoms. The predicted molar refractivity (Wildman–Crippen MR) is 62.1 cm³/mol. The van der Waals surface area contributed by atoms with E-state index < -0.39 is 0 Å². The topological polar surface area (TPSA) is 41.9 Å². The summed E-state index contributed by atoms with van der Waals surface area (Å²) in [5.41, 5.74) is 0. The van der Waals surface area contributed by atoms with Crippen LogP contribution in [0.25, 0.3) is 0 Å². The number of hydrogen-bond acceptors (Lipinski definition) is 3. The largest absolute Gasteiger partial charge is 0.464 e. The Morgan fingerprint density at radius 2 is 2.07 bits per heavy atom. The van der Waals surface area contributed by atoms with Crippen LogP contribution in [0.3, 0.4) is 0 Å². The second-order valence-electron chi connectivity index (χ2n) is 3.81. The SMILES string of the molecule is CCOC(=O)C(N=CN(C)C)C(C)CC. The summed E-state index contributed by atoms with van der Waals surface area (Å²) in [6.07, 6.45) is 2.57. The van der Waals surface area contributed by atoms with Gasteiger partial charge in [0.15, 0.2) is 6.04 Å². The first kappa shape index (κ1) is 13.9. The molecule has 0 heterocycles. The van der Waals surface area contributed by atoms with Gasteiger partial charge in [0, 0.05) is 14.1 Å². The highest BCUT2D eigenvalue weighted by molar-refractivity contribution is 5.78. The number of nitrogens with zero attached hydrogens (tertiary/aromatic N) is 2. The number of aliphatic imine (C=N–C) groups is 1. The van der Waals surface area contributed by atoms with Gasteiger partial charge in [-0.05, 0) is 12.8 Å². The molecule has 0 spiro atoms. The molecule has 4 heteroatoms.